The third-order valence-electron chi connectivity index (χ3n) is 8.60. The number of carbonyl (C=O) groups excluding carboxylic acids is 4. The number of amides is 4. The van der Waals surface area contributed by atoms with Gasteiger partial charge in [-0.3, -0.25) is 9.59 Å². The second kappa shape index (κ2) is 21.4. The fourth-order valence-corrected chi connectivity index (χ4v) is 6.10. The summed E-state index contributed by atoms with van der Waals surface area (Å²) in [5, 5.41) is 11.5. The zero-order valence-corrected chi connectivity index (χ0v) is 30.7. The minimum Gasteiger partial charge on any atom is -0.444 e. The third kappa shape index (κ3) is 22.6. The van der Waals surface area contributed by atoms with Crippen LogP contribution in [0.15, 0.2) is 0 Å². The molecule has 274 valence electrons. The summed E-state index contributed by atoms with van der Waals surface area (Å²) in [4.78, 5) is 44.6. The molecular weight excluding hydrogens is 600 g/mol. The van der Waals surface area contributed by atoms with Crippen molar-refractivity contribution in [2.75, 3.05) is 19.6 Å². The van der Waals surface area contributed by atoms with Crippen LogP contribution < -0.4 is 32.7 Å². The van der Waals surface area contributed by atoms with Crippen LogP contribution in [-0.4, -0.2) is 73.0 Å². The van der Waals surface area contributed by atoms with Gasteiger partial charge in [-0.05, 0) is 143 Å². The molecule has 0 bridgehead atoms. The number of nitrogens with one attached hydrogen (secondary N) is 4. The second-order valence-corrected chi connectivity index (χ2v) is 15.6. The van der Waals surface area contributed by atoms with Crippen LogP contribution >= 0.6 is 0 Å². The lowest BCUT2D eigenvalue weighted by atomic mass is 9.86. The first kappa shape index (κ1) is 42.4. The van der Waals surface area contributed by atoms with E-state index in [4.69, 9.17) is 20.9 Å². The Morgan fingerprint density at radius 2 is 0.894 bits per heavy atom. The molecule has 8 N–H and O–H groups in total. The second-order valence-electron chi connectivity index (χ2n) is 15.6. The Labute approximate surface area is 284 Å². The van der Waals surface area contributed by atoms with E-state index in [0.717, 1.165) is 70.8 Å². The van der Waals surface area contributed by atoms with Crippen LogP contribution in [0.4, 0.5) is 9.59 Å². The van der Waals surface area contributed by atoms with E-state index in [2.05, 4.69) is 21.3 Å². The molecule has 0 aromatic heterocycles. The van der Waals surface area contributed by atoms with Crippen molar-refractivity contribution in [1.82, 2.24) is 21.3 Å². The molecule has 0 atom stereocenters. The van der Waals surface area contributed by atoms with Gasteiger partial charge in [0, 0.05) is 45.1 Å². The summed E-state index contributed by atoms with van der Waals surface area (Å²) in [5.41, 5.74) is 10.5. The largest absolute Gasteiger partial charge is 0.444 e. The predicted octanol–water partition coefficient (Wildman–Crippen LogP) is 4.87. The summed E-state index contributed by atoms with van der Waals surface area (Å²) in [7, 11) is 0. The number of carbonyl (C=O) groups is 4. The molecule has 0 aromatic rings. The van der Waals surface area contributed by atoms with Gasteiger partial charge in [0.25, 0.3) is 0 Å². The van der Waals surface area contributed by atoms with Crippen molar-refractivity contribution in [3.8, 4) is 0 Å². The van der Waals surface area contributed by atoms with Gasteiger partial charge in [-0.1, -0.05) is 0 Å². The van der Waals surface area contributed by atoms with Crippen molar-refractivity contribution < 1.29 is 28.7 Å². The lowest BCUT2D eigenvalue weighted by Crippen LogP contribution is -2.39. The molecular formula is C35H68N6O6. The highest BCUT2D eigenvalue weighted by molar-refractivity contribution is 5.73. The van der Waals surface area contributed by atoms with Gasteiger partial charge in [0.05, 0.1) is 0 Å². The highest BCUT2D eigenvalue weighted by Crippen LogP contribution is 2.25. The maximum atomic E-state index is 11.5. The summed E-state index contributed by atoms with van der Waals surface area (Å²) in [6.45, 7) is 16.5. The number of hydrogen-bond acceptors (Lipinski definition) is 8. The first-order valence-electron chi connectivity index (χ1n) is 17.8. The zero-order valence-electron chi connectivity index (χ0n) is 30.7. The van der Waals surface area contributed by atoms with Crippen LogP contribution in [0.2, 0.25) is 0 Å². The van der Waals surface area contributed by atoms with Crippen molar-refractivity contribution in [3.63, 3.8) is 0 Å². The fraction of sp³-hybridized carbons (Fsp3) is 0.886. The van der Waals surface area contributed by atoms with Crippen molar-refractivity contribution in [2.45, 2.75) is 162 Å². The molecule has 0 radical (unpaired) electrons. The van der Waals surface area contributed by atoms with Crippen LogP contribution in [-0.2, 0) is 19.1 Å². The van der Waals surface area contributed by atoms with E-state index >= 15 is 0 Å². The number of alkyl carbamates (subject to hydrolysis) is 2. The number of nitrogens with two attached hydrogens (primary N) is 2. The highest BCUT2D eigenvalue weighted by atomic mass is 16.6. The summed E-state index contributed by atoms with van der Waals surface area (Å²) >= 11 is 0. The van der Waals surface area contributed by atoms with E-state index in [9.17, 15) is 19.2 Å². The first-order valence-corrected chi connectivity index (χ1v) is 17.8. The van der Waals surface area contributed by atoms with Gasteiger partial charge in [0.1, 0.15) is 11.2 Å². The maximum absolute atomic E-state index is 11.5. The minimum absolute atomic E-state index is 0.0373. The van der Waals surface area contributed by atoms with Crippen molar-refractivity contribution in [3.05, 3.63) is 0 Å². The molecule has 3 rings (SSSR count). The van der Waals surface area contributed by atoms with E-state index in [1.165, 1.54) is 12.8 Å². The van der Waals surface area contributed by atoms with Gasteiger partial charge < -0.3 is 42.2 Å². The Bertz CT molecular complexity index is 926. The molecule has 3 fully saturated rings. The average Bonchev–Trinajstić information content (AvgIpc) is 2.95. The van der Waals surface area contributed by atoms with Gasteiger partial charge in [-0.25, -0.2) is 9.59 Å². The van der Waals surface area contributed by atoms with Crippen LogP contribution in [0.25, 0.3) is 0 Å². The summed E-state index contributed by atoms with van der Waals surface area (Å²) in [6, 6.07) is 1.07. The van der Waals surface area contributed by atoms with Crippen molar-refractivity contribution in [1.29, 1.82) is 0 Å². The highest BCUT2D eigenvalue weighted by Gasteiger charge is 2.24. The molecule has 3 aliphatic carbocycles. The Morgan fingerprint density at radius 3 is 1.19 bits per heavy atom. The van der Waals surface area contributed by atoms with E-state index in [-0.39, 0.29) is 24.0 Å². The molecule has 0 aliphatic heterocycles. The zero-order chi connectivity index (χ0) is 35.6. The van der Waals surface area contributed by atoms with E-state index < -0.39 is 11.2 Å². The summed E-state index contributed by atoms with van der Waals surface area (Å²) in [5.74, 6) is 1.86. The van der Waals surface area contributed by atoms with Crippen LogP contribution in [0.3, 0.4) is 0 Å². The van der Waals surface area contributed by atoms with Gasteiger partial charge in [0.15, 0.2) is 0 Å². The number of rotatable bonds is 7. The van der Waals surface area contributed by atoms with Gasteiger partial charge in [-0.15, -0.1) is 0 Å². The maximum Gasteiger partial charge on any atom is 0.407 e. The molecule has 0 spiro atoms. The van der Waals surface area contributed by atoms with Gasteiger partial charge in [-0.2, -0.15) is 0 Å². The molecule has 0 saturated heterocycles. The van der Waals surface area contributed by atoms with Crippen molar-refractivity contribution >= 4 is 24.0 Å². The molecule has 12 heteroatoms. The van der Waals surface area contributed by atoms with Gasteiger partial charge in [0.2, 0.25) is 11.8 Å². The average molecular weight is 669 g/mol. The van der Waals surface area contributed by atoms with E-state index in [0.29, 0.717) is 49.0 Å². The normalized spacial score (nSPS) is 26.1. The quantitative estimate of drug-likeness (QED) is 0.222. The molecule has 47 heavy (non-hydrogen) atoms. The SMILES string of the molecule is CC(=O)NC1CCC(CN)CC1.CC(=O)NC1CCC(CNC(=O)OC(C)(C)C)CC1.CC(C)(C)OC(=O)NCC1CCC(N)CC1. The molecule has 0 unspecified atom stereocenters. The first-order chi connectivity index (χ1) is 21.8. The summed E-state index contributed by atoms with van der Waals surface area (Å²) in [6.07, 6.45) is 12.3. The molecule has 4 amide bonds. The van der Waals surface area contributed by atoms with Crippen LogP contribution in [0.5, 0.6) is 0 Å². The molecule has 3 aliphatic rings. The smallest absolute Gasteiger partial charge is 0.407 e. The number of ether oxygens (including phenoxy) is 2. The Balaban J connectivity index is 0.000000361. The van der Waals surface area contributed by atoms with E-state index in [1.54, 1.807) is 13.8 Å². The van der Waals surface area contributed by atoms with Gasteiger partial charge >= 0.3 is 12.2 Å². The van der Waals surface area contributed by atoms with E-state index in [1.807, 2.05) is 41.5 Å². The van der Waals surface area contributed by atoms with Crippen LogP contribution in [0.1, 0.15) is 132 Å². The third-order valence-corrected chi connectivity index (χ3v) is 8.60. The predicted molar refractivity (Wildman–Crippen MR) is 187 cm³/mol. The fourth-order valence-electron chi connectivity index (χ4n) is 6.10. The monoisotopic (exact) mass is 669 g/mol. The molecule has 12 nitrogen and oxygen atoms in total. The standard InChI is InChI=1S/C14H26N2O3.C12H24N2O2.C9H18N2O/c1-10(17)16-12-7-5-11(6-8-12)9-15-13(18)19-14(2,3)4;1-12(2,3)16-11(15)14-8-9-4-6-10(13)7-5-9;1-7(12)11-9-4-2-8(6-10)3-5-9/h11-12H,5-9H2,1-4H3,(H,15,18)(H,16,17);9-10H,4-8,13H2,1-3H3,(H,14,15);8-9H,2-6,10H2,1H3,(H,11,12). The lowest BCUT2D eigenvalue weighted by molar-refractivity contribution is -0.120. The Morgan fingerprint density at radius 1 is 0.574 bits per heavy atom. The minimum atomic E-state index is -0.451. The van der Waals surface area contributed by atoms with Crippen LogP contribution in [0, 0.1) is 17.8 Å². The van der Waals surface area contributed by atoms with Crippen molar-refractivity contribution in [2.24, 2.45) is 29.2 Å². The lowest BCUT2D eigenvalue weighted by Gasteiger charge is -2.29. The number of hydrogen-bond donors (Lipinski definition) is 6. The Kier molecular flexibility index (Phi) is 19.3. The molecule has 3 saturated carbocycles. The molecule has 0 aromatic carbocycles. The Hall–Kier alpha value is -2.60. The molecule has 0 heterocycles. The summed E-state index contributed by atoms with van der Waals surface area (Å²) < 4.78 is 10.4. The topological polar surface area (TPSA) is 187 Å².